The number of aromatic nitrogens is 3. The molecule has 0 bridgehead atoms. The molecular formula is C23H20ClFN4. The van der Waals surface area contributed by atoms with Crippen molar-refractivity contribution in [3.63, 3.8) is 0 Å². The fourth-order valence-corrected chi connectivity index (χ4v) is 3.42. The maximum Gasteiger partial charge on any atom is 0.224 e. The number of hydrogen-bond donors (Lipinski definition) is 1. The van der Waals surface area contributed by atoms with Gasteiger partial charge in [0.25, 0.3) is 0 Å². The fraction of sp³-hybridized carbons (Fsp3) is 0.174. The summed E-state index contributed by atoms with van der Waals surface area (Å²) in [7, 11) is 0. The molecule has 0 aliphatic rings. The van der Waals surface area contributed by atoms with Gasteiger partial charge in [-0.05, 0) is 60.3 Å². The van der Waals surface area contributed by atoms with Crippen LogP contribution in [0.4, 0.5) is 10.2 Å². The van der Waals surface area contributed by atoms with Crippen LogP contribution in [-0.4, -0.2) is 15.0 Å². The average molecular weight is 407 g/mol. The summed E-state index contributed by atoms with van der Waals surface area (Å²) < 4.78 is 14.2. The number of fused-ring (bicyclic) bond motifs is 1. The first-order chi connectivity index (χ1) is 13.9. The van der Waals surface area contributed by atoms with Crippen molar-refractivity contribution in [1.29, 1.82) is 0 Å². The van der Waals surface area contributed by atoms with Gasteiger partial charge >= 0.3 is 0 Å². The Hall–Kier alpha value is -3.05. The lowest BCUT2D eigenvalue weighted by Gasteiger charge is -2.16. The van der Waals surface area contributed by atoms with Crippen LogP contribution < -0.4 is 5.32 Å². The van der Waals surface area contributed by atoms with Gasteiger partial charge in [0.1, 0.15) is 11.5 Å². The maximum atomic E-state index is 14.2. The number of hydrogen-bond acceptors (Lipinski definition) is 4. The number of benzene rings is 2. The van der Waals surface area contributed by atoms with Crippen LogP contribution in [0.3, 0.4) is 0 Å². The molecule has 6 heteroatoms. The van der Waals surface area contributed by atoms with E-state index in [-0.39, 0.29) is 5.28 Å². The highest BCUT2D eigenvalue weighted by Crippen LogP contribution is 2.34. The zero-order chi connectivity index (χ0) is 20.4. The van der Waals surface area contributed by atoms with Crippen LogP contribution in [0.5, 0.6) is 0 Å². The molecule has 1 N–H and O–H groups in total. The second kappa shape index (κ2) is 7.76. The third kappa shape index (κ3) is 4.20. The van der Waals surface area contributed by atoms with E-state index in [2.05, 4.69) is 20.3 Å². The third-order valence-corrected chi connectivity index (χ3v) is 4.91. The smallest absolute Gasteiger partial charge is 0.224 e. The minimum absolute atomic E-state index is 0.174. The molecule has 0 amide bonds. The van der Waals surface area contributed by atoms with E-state index in [0.717, 1.165) is 27.7 Å². The van der Waals surface area contributed by atoms with Gasteiger partial charge < -0.3 is 5.32 Å². The van der Waals surface area contributed by atoms with Gasteiger partial charge in [-0.1, -0.05) is 42.5 Å². The Kier molecular flexibility index (Phi) is 5.16. The van der Waals surface area contributed by atoms with E-state index in [9.17, 15) is 4.39 Å². The van der Waals surface area contributed by atoms with E-state index in [4.69, 9.17) is 11.6 Å². The number of anilines is 1. The fourth-order valence-electron chi connectivity index (χ4n) is 3.25. The quantitative estimate of drug-likeness (QED) is 0.403. The van der Waals surface area contributed by atoms with Gasteiger partial charge in [-0.2, -0.15) is 0 Å². The lowest BCUT2D eigenvalue weighted by Crippen LogP contribution is -2.08. The molecule has 0 aliphatic carbocycles. The molecule has 2 aromatic heterocycles. The first-order valence-electron chi connectivity index (χ1n) is 9.32. The molecule has 0 saturated heterocycles. The Balaban J connectivity index is 1.78. The molecule has 0 fully saturated rings. The largest absolute Gasteiger partial charge is 0.364 e. The predicted octanol–water partition coefficient (Wildman–Crippen LogP) is 6.16. The van der Waals surface area contributed by atoms with Gasteiger partial charge in [-0.25, -0.2) is 14.4 Å². The van der Waals surface area contributed by atoms with Crippen LogP contribution in [-0.2, 0) is 12.2 Å². The van der Waals surface area contributed by atoms with Crippen molar-refractivity contribution in [1.82, 2.24) is 15.0 Å². The van der Waals surface area contributed by atoms with Crippen molar-refractivity contribution in [3.05, 3.63) is 83.4 Å². The van der Waals surface area contributed by atoms with E-state index in [0.29, 0.717) is 17.9 Å². The molecule has 0 spiro atoms. The summed E-state index contributed by atoms with van der Waals surface area (Å²) in [6.07, 6.45) is 1.75. The monoisotopic (exact) mass is 406 g/mol. The molecule has 0 saturated carbocycles. The second-order valence-corrected chi connectivity index (χ2v) is 7.60. The van der Waals surface area contributed by atoms with Gasteiger partial charge in [-0.15, -0.1) is 0 Å². The van der Waals surface area contributed by atoms with Crippen LogP contribution in [0.25, 0.3) is 22.0 Å². The van der Waals surface area contributed by atoms with Gasteiger partial charge in [-0.3, -0.25) is 4.98 Å². The standard InChI is InChI=1S/C23H20ClFN4/c1-23(2,25)16-11-9-15(10-12-16)18-7-5-8-19-20(18)21(29-22(24)28-19)27-14-17-6-3-4-13-26-17/h3-13H,14H2,1-2H3,(H,27,28,29). The van der Waals surface area contributed by atoms with Crippen molar-refractivity contribution in [2.45, 2.75) is 26.1 Å². The van der Waals surface area contributed by atoms with E-state index in [1.807, 2.05) is 60.7 Å². The first kappa shape index (κ1) is 19.3. The number of alkyl halides is 1. The number of rotatable bonds is 5. The SMILES string of the molecule is CC(C)(F)c1ccc(-c2cccc3nc(Cl)nc(NCc4ccccn4)c23)cc1. The van der Waals surface area contributed by atoms with Crippen molar-refractivity contribution in [2.24, 2.45) is 0 Å². The third-order valence-electron chi connectivity index (χ3n) is 4.74. The summed E-state index contributed by atoms with van der Waals surface area (Å²) in [6, 6.07) is 19.0. The Labute approximate surface area is 173 Å². The number of nitrogens with one attached hydrogen (secondary N) is 1. The molecule has 4 nitrogen and oxygen atoms in total. The topological polar surface area (TPSA) is 50.7 Å². The Morgan fingerprint density at radius 3 is 2.45 bits per heavy atom. The van der Waals surface area contributed by atoms with Crippen molar-refractivity contribution < 1.29 is 4.39 Å². The average Bonchev–Trinajstić information content (AvgIpc) is 2.71. The van der Waals surface area contributed by atoms with Gasteiger partial charge in [0, 0.05) is 6.20 Å². The summed E-state index contributed by atoms with van der Waals surface area (Å²) in [5.74, 6) is 0.635. The highest BCUT2D eigenvalue weighted by atomic mass is 35.5. The van der Waals surface area contributed by atoms with Gasteiger partial charge in [0.2, 0.25) is 5.28 Å². The van der Waals surface area contributed by atoms with Crippen molar-refractivity contribution in [2.75, 3.05) is 5.32 Å². The zero-order valence-corrected chi connectivity index (χ0v) is 16.9. The lowest BCUT2D eigenvalue weighted by atomic mass is 9.95. The molecule has 146 valence electrons. The van der Waals surface area contributed by atoms with E-state index in [1.54, 1.807) is 20.0 Å². The Bertz CT molecular complexity index is 1140. The maximum absolute atomic E-state index is 14.2. The molecule has 2 aromatic carbocycles. The van der Waals surface area contributed by atoms with Crippen LogP contribution in [0.1, 0.15) is 25.1 Å². The first-order valence-corrected chi connectivity index (χ1v) is 9.69. The predicted molar refractivity (Wildman–Crippen MR) is 116 cm³/mol. The summed E-state index contributed by atoms with van der Waals surface area (Å²) in [5, 5.41) is 4.37. The molecule has 0 aliphatic heterocycles. The van der Waals surface area contributed by atoms with Gasteiger partial charge in [0.05, 0.1) is 23.1 Å². The number of nitrogens with zero attached hydrogens (tertiary/aromatic N) is 3. The van der Waals surface area contributed by atoms with E-state index >= 15 is 0 Å². The van der Waals surface area contributed by atoms with Crippen LogP contribution in [0.2, 0.25) is 5.28 Å². The molecule has 0 atom stereocenters. The van der Waals surface area contributed by atoms with E-state index in [1.165, 1.54) is 0 Å². The normalized spacial score (nSPS) is 11.6. The molecule has 4 aromatic rings. The van der Waals surface area contributed by atoms with Crippen LogP contribution in [0.15, 0.2) is 66.9 Å². The highest BCUT2D eigenvalue weighted by Gasteiger charge is 2.19. The molecule has 29 heavy (non-hydrogen) atoms. The highest BCUT2D eigenvalue weighted by molar-refractivity contribution is 6.29. The minimum Gasteiger partial charge on any atom is -0.364 e. The van der Waals surface area contributed by atoms with Crippen molar-refractivity contribution in [3.8, 4) is 11.1 Å². The second-order valence-electron chi connectivity index (χ2n) is 7.27. The Morgan fingerprint density at radius 2 is 1.76 bits per heavy atom. The van der Waals surface area contributed by atoms with Gasteiger partial charge in [0.15, 0.2) is 0 Å². The zero-order valence-electron chi connectivity index (χ0n) is 16.2. The molecule has 2 heterocycles. The lowest BCUT2D eigenvalue weighted by molar-refractivity contribution is 0.221. The molecule has 4 rings (SSSR count). The Morgan fingerprint density at radius 1 is 0.966 bits per heavy atom. The van der Waals surface area contributed by atoms with Crippen LogP contribution >= 0.6 is 11.6 Å². The van der Waals surface area contributed by atoms with Crippen LogP contribution in [0, 0.1) is 0 Å². The minimum atomic E-state index is -1.39. The summed E-state index contributed by atoms with van der Waals surface area (Å²) in [5.41, 5.74) is 2.78. The van der Waals surface area contributed by atoms with E-state index < -0.39 is 5.67 Å². The number of halogens is 2. The molecule has 0 unspecified atom stereocenters. The molecule has 0 radical (unpaired) electrons. The summed E-state index contributed by atoms with van der Waals surface area (Å²) in [6.45, 7) is 3.61. The number of pyridine rings is 1. The molecular weight excluding hydrogens is 387 g/mol. The van der Waals surface area contributed by atoms with Crippen molar-refractivity contribution >= 4 is 28.3 Å². The summed E-state index contributed by atoms with van der Waals surface area (Å²) >= 11 is 6.16. The summed E-state index contributed by atoms with van der Waals surface area (Å²) in [4.78, 5) is 13.1.